The van der Waals surface area contributed by atoms with Crippen molar-refractivity contribution in [3.05, 3.63) is 23.9 Å². The molecule has 8 heteroatoms. The van der Waals surface area contributed by atoms with Crippen molar-refractivity contribution in [2.24, 2.45) is 0 Å². The minimum absolute atomic E-state index is 0.113. The standard InChI is InChI=1S/C14H22N4O3S/c1-17(2)13-7-6-11(9-15-13)14(19)18-8-4-5-12(10-18)16-22(3,20)21/h6-7,9,12,16H,4-5,8,10H2,1-3H3. The van der Waals surface area contributed by atoms with Gasteiger partial charge in [0.2, 0.25) is 10.0 Å². The fourth-order valence-electron chi connectivity index (χ4n) is 2.52. The van der Waals surface area contributed by atoms with Crippen LogP contribution in [-0.2, 0) is 10.0 Å². The highest BCUT2D eigenvalue weighted by Crippen LogP contribution is 2.15. The van der Waals surface area contributed by atoms with Crippen LogP contribution in [0.4, 0.5) is 5.82 Å². The highest BCUT2D eigenvalue weighted by Gasteiger charge is 2.26. The zero-order valence-corrected chi connectivity index (χ0v) is 13.9. The van der Waals surface area contributed by atoms with E-state index in [1.165, 1.54) is 0 Å². The number of hydrogen-bond acceptors (Lipinski definition) is 5. The molecule has 1 amide bonds. The molecule has 1 fully saturated rings. The normalized spacial score (nSPS) is 19.0. The molecule has 0 radical (unpaired) electrons. The van der Waals surface area contributed by atoms with Gasteiger partial charge in [0.05, 0.1) is 11.8 Å². The van der Waals surface area contributed by atoms with Crippen molar-refractivity contribution >= 4 is 21.7 Å². The number of anilines is 1. The van der Waals surface area contributed by atoms with Crippen LogP contribution < -0.4 is 9.62 Å². The maximum absolute atomic E-state index is 12.5. The number of sulfonamides is 1. The molecule has 1 unspecified atom stereocenters. The smallest absolute Gasteiger partial charge is 0.255 e. The Morgan fingerprint density at radius 2 is 2.14 bits per heavy atom. The maximum Gasteiger partial charge on any atom is 0.255 e. The van der Waals surface area contributed by atoms with Crippen LogP contribution in [0, 0.1) is 0 Å². The van der Waals surface area contributed by atoms with E-state index in [9.17, 15) is 13.2 Å². The molecule has 1 aromatic heterocycles. The Kier molecular flexibility index (Phi) is 5.02. The lowest BCUT2D eigenvalue weighted by Gasteiger charge is -2.32. The van der Waals surface area contributed by atoms with Crippen molar-refractivity contribution < 1.29 is 13.2 Å². The van der Waals surface area contributed by atoms with Crippen LogP contribution in [0.1, 0.15) is 23.2 Å². The number of nitrogens with one attached hydrogen (secondary N) is 1. The lowest BCUT2D eigenvalue weighted by molar-refractivity contribution is 0.0702. The van der Waals surface area contributed by atoms with E-state index in [1.54, 1.807) is 23.2 Å². The molecule has 0 bridgehead atoms. The Bertz CT molecular complexity index is 628. The third kappa shape index (κ3) is 4.41. The van der Waals surface area contributed by atoms with Crippen LogP contribution in [0.3, 0.4) is 0 Å². The second kappa shape index (κ2) is 6.62. The molecule has 2 rings (SSSR count). The summed E-state index contributed by atoms with van der Waals surface area (Å²) < 4.78 is 25.2. The first kappa shape index (κ1) is 16.7. The topological polar surface area (TPSA) is 82.6 Å². The Morgan fingerprint density at radius 3 is 2.68 bits per heavy atom. The summed E-state index contributed by atoms with van der Waals surface area (Å²) in [5, 5.41) is 0. The van der Waals surface area contributed by atoms with Gasteiger partial charge in [0.1, 0.15) is 5.82 Å². The first-order valence-electron chi connectivity index (χ1n) is 7.16. The van der Waals surface area contributed by atoms with E-state index in [0.29, 0.717) is 18.7 Å². The minimum Gasteiger partial charge on any atom is -0.363 e. The van der Waals surface area contributed by atoms with E-state index in [0.717, 1.165) is 24.9 Å². The van der Waals surface area contributed by atoms with Crippen molar-refractivity contribution in [2.45, 2.75) is 18.9 Å². The number of hydrogen-bond donors (Lipinski definition) is 1. The van der Waals surface area contributed by atoms with Gasteiger partial charge in [0, 0.05) is 39.4 Å². The van der Waals surface area contributed by atoms with E-state index in [2.05, 4.69) is 9.71 Å². The number of aromatic nitrogens is 1. The fraction of sp³-hybridized carbons (Fsp3) is 0.571. The zero-order chi connectivity index (χ0) is 16.3. The molecule has 1 aliphatic heterocycles. The molecule has 122 valence electrons. The maximum atomic E-state index is 12.5. The van der Waals surface area contributed by atoms with Gasteiger partial charge < -0.3 is 9.80 Å². The number of amides is 1. The third-order valence-electron chi connectivity index (χ3n) is 3.54. The average Bonchev–Trinajstić information content (AvgIpc) is 2.45. The van der Waals surface area contributed by atoms with E-state index < -0.39 is 10.0 Å². The monoisotopic (exact) mass is 326 g/mol. The number of likely N-dealkylation sites (tertiary alicyclic amines) is 1. The Morgan fingerprint density at radius 1 is 1.41 bits per heavy atom. The highest BCUT2D eigenvalue weighted by molar-refractivity contribution is 7.88. The Balaban J connectivity index is 2.05. The summed E-state index contributed by atoms with van der Waals surface area (Å²) in [7, 11) is 0.511. The van der Waals surface area contributed by atoms with Crippen LogP contribution in [-0.4, -0.2) is 63.7 Å². The summed E-state index contributed by atoms with van der Waals surface area (Å²) in [5.74, 6) is 0.671. The second-order valence-electron chi connectivity index (χ2n) is 5.78. The zero-order valence-electron chi connectivity index (χ0n) is 13.1. The third-order valence-corrected chi connectivity index (χ3v) is 4.30. The second-order valence-corrected chi connectivity index (χ2v) is 7.56. The largest absolute Gasteiger partial charge is 0.363 e. The molecule has 2 heterocycles. The summed E-state index contributed by atoms with van der Waals surface area (Å²) in [4.78, 5) is 20.3. The predicted molar refractivity (Wildman–Crippen MR) is 85.5 cm³/mol. The molecular weight excluding hydrogens is 304 g/mol. The van der Waals surface area contributed by atoms with Gasteiger partial charge in [0.25, 0.3) is 5.91 Å². The van der Waals surface area contributed by atoms with E-state index >= 15 is 0 Å². The van der Waals surface area contributed by atoms with Gasteiger partial charge >= 0.3 is 0 Å². The number of carbonyl (C=O) groups is 1. The minimum atomic E-state index is -3.26. The van der Waals surface area contributed by atoms with Gasteiger partial charge in [-0.25, -0.2) is 18.1 Å². The molecule has 1 saturated heterocycles. The van der Waals surface area contributed by atoms with Gasteiger partial charge in [-0.1, -0.05) is 0 Å². The summed E-state index contributed by atoms with van der Waals surface area (Å²) in [5.41, 5.74) is 0.519. The SMILES string of the molecule is CN(C)c1ccc(C(=O)N2CCCC(NS(C)(=O)=O)C2)cn1. The van der Waals surface area contributed by atoms with Crippen molar-refractivity contribution in [3.63, 3.8) is 0 Å². The molecule has 1 aromatic rings. The number of piperidine rings is 1. The molecule has 22 heavy (non-hydrogen) atoms. The summed E-state index contributed by atoms with van der Waals surface area (Å²) in [6, 6.07) is 3.32. The first-order valence-corrected chi connectivity index (χ1v) is 9.05. The highest BCUT2D eigenvalue weighted by atomic mass is 32.2. The van der Waals surface area contributed by atoms with Crippen LogP contribution in [0.5, 0.6) is 0 Å². The van der Waals surface area contributed by atoms with Gasteiger partial charge in [-0.15, -0.1) is 0 Å². The van der Waals surface area contributed by atoms with Crippen molar-refractivity contribution in [1.82, 2.24) is 14.6 Å². The summed E-state index contributed by atoms with van der Waals surface area (Å²) >= 11 is 0. The molecule has 0 aromatic carbocycles. The number of carbonyl (C=O) groups excluding carboxylic acids is 1. The lowest BCUT2D eigenvalue weighted by atomic mass is 10.1. The van der Waals surface area contributed by atoms with Crippen LogP contribution in [0.25, 0.3) is 0 Å². The van der Waals surface area contributed by atoms with Crippen molar-refractivity contribution in [1.29, 1.82) is 0 Å². The molecule has 7 nitrogen and oxygen atoms in total. The Hall–Kier alpha value is -1.67. The molecule has 0 saturated carbocycles. The van der Waals surface area contributed by atoms with Gasteiger partial charge in [-0.3, -0.25) is 4.79 Å². The van der Waals surface area contributed by atoms with Crippen LogP contribution in [0.15, 0.2) is 18.3 Å². The molecule has 0 aliphatic carbocycles. The van der Waals surface area contributed by atoms with E-state index in [1.807, 2.05) is 19.0 Å². The molecule has 1 N–H and O–H groups in total. The summed E-state index contributed by atoms with van der Waals surface area (Å²) in [6.45, 7) is 1.03. The van der Waals surface area contributed by atoms with Crippen LogP contribution in [0.2, 0.25) is 0 Å². The van der Waals surface area contributed by atoms with Gasteiger partial charge in [0.15, 0.2) is 0 Å². The first-order chi connectivity index (χ1) is 10.3. The molecule has 1 atom stereocenters. The molecule has 0 spiro atoms. The summed E-state index contributed by atoms with van der Waals surface area (Å²) in [6.07, 6.45) is 4.22. The quantitative estimate of drug-likeness (QED) is 0.860. The average molecular weight is 326 g/mol. The van der Waals surface area contributed by atoms with Crippen molar-refractivity contribution in [3.8, 4) is 0 Å². The fourth-order valence-corrected chi connectivity index (χ4v) is 3.32. The van der Waals surface area contributed by atoms with Crippen molar-refractivity contribution in [2.75, 3.05) is 38.3 Å². The Labute approximate surface area is 131 Å². The lowest BCUT2D eigenvalue weighted by Crippen LogP contribution is -2.49. The number of nitrogens with zero attached hydrogens (tertiary/aromatic N) is 3. The number of pyridine rings is 1. The van der Waals surface area contributed by atoms with E-state index in [4.69, 9.17) is 0 Å². The van der Waals surface area contributed by atoms with Gasteiger partial charge in [-0.2, -0.15) is 0 Å². The van der Waals surface area contributed by atoms with Gasteiger partial charge in [-0.05, 0) is 25.0 Å². The predicted octanol–water partition coefficient (Wildman–Crippen LogP) is 0.301. The van der Waals surface area contributed by atoms with Crippen LogP contribution >= 0.6 is 0 Å². The molecule has 1 aliphatic rings. The van der Waals surface area contributed by atoms with E-state index in [-0.39, 0.29) is 11.9 Å². The molecular formula is C14H22N4O3S. The number of rotatable bonds is 4.